The number of benzene rings is 2. The highest BCUT2D eigenvalue weighted by Gasteiger charge is 2.01. The molecular weight excluding hydrogens is 272 g/mol. The molecule has 102 valence electrons. The van der Waals surface area contributed by atoms with Gasteiger partial charge in [0.1, 0.15) is 23.3 Å². The van der Waals surface area contributed by atoms with Crippen molar-refractivity contribution in [2.45, 2.75) is 0 Å². The normalized spacial score (nSPS) is 11.6. The van der Waals surface area contributed by atoms with Crippen molar-refractivity contribution in [3.8, 4) is 0 Å². The molecule has 0 saturated heterocycles. The van der Waals surface area contributed by atoms with Crippen molar-refractivity contribution < 1.29 is 17.6 Å². The van der Waals surface area contributed by atoms with Crippen LogP contribution in [0.4, 0.5) is 17.6 Å². The Balaban J connectivity index is 2.11. The molecule has 0 heterocycles. The van der Waals surface area contributed by atoms with Crippen molar-refractivity contribution in [1.29, 1.82) is 0 Å². The van der Waals surface area contributed by atoms with Gasteiger partial charge in [-0.3, -0.25) is 0 Å². The third-order valence-corrected chi connectivity index (χ3v) is 2.39. The van der Waals surface area contributed by atoms with Crippen molar-refractivity contribution in [2.24, 2.45) is 10.2 Å². The molecule has 0 amide bonds. The van der Waals surface area contributed by atoms with Gasteiger partial charge in [0.25, 0.3) is 0 Å². The van der Waals surface area contributed by atoms with Gasteiger partial charge in [-0.05, 0) is 24.3 Å². The number of nitrogens with zero attached hydrogens (tertiary/aromatic N) is 2. The lowest BCUT2D eigenvalue weighted by atomic mass is 10.2. The quantitative estimate of drug-likeness (QED) is 0.465. The minimum absolute atomic E-state index is 0.0446. The lowest BCUT2D eigenvalue weighted by Gasteiger charge is -1.95. The fourth-order valence-corrected chi connectivity index (χ4v) is 1.40. The molecule has 2 rings (SSSR count). The average molecular weight is 280 g/mol. The predicted molar refractivity (Wildman–Crippen MR) is 67.9 cm³/mol. The van der Waals surface area contributed by atoms with Crippen LogP contribution in [-0.2, 0) is 0 Å². The van der Waals surface area contributed by atoms with E-state index in [0.717, 1.165) is 24.6 Å². The molecule has 2 nitrogen and oxygen atoms in total. The molecular formula is C14H8F4N2. The molecule has 0 atom stereocenters. The molecule has 0 spiro atoms. The second-order valence-electron chi connectivity index (χ2n) is 3.82. The van der Waals surface area contributed by atoms with E-state index < -0.39 is 23.3 Å². The summed E-state index contributed by atoms with van der Waals surface area (Å²) in [5, 5.41) is 7.03. The first-order chi connectivity index (χ1) is 9.56. The minimum atomic E-state index is -0.781. The summed E-state index contributed by atoms with van der Waals surface area (Å²) >= 11 is 0. The largest absolute Gasteiger partial charge is 0.207 e. The van der Waals surface area contributed by atoms with E-state index in [1.807, 2.05) is 0 Å². The molecule has 0 unspecified atom stereocenters. The maximum Gasteiger partial charge on any atom is 0.134 e. The van der Waals surface area contributed by atoms with Crippen molar-refractivity contribution in [3.63, 3.8) is 0 Å². The molecule has 0 fully saturated rings. The van der Waals surface area contributed by atoms with E-state index >= 15 is 0 Å². The molecule has 20 heavy (non-hydrogen) atoms. The number of hydrogen-bond donors (Lipinski definition) is 0. The van der Waals surface area contributed by atoms with Crippen LogP contribution in [0.2, 0.25) is 0 Å². The number of hydrogen-bond acceptors (Lipinski definition) is 2. The summed E-state index contributed by atoms with van der Waals surface area (Å²) in [6.45, 7) is 0. The molecule has 0 aromatic heterocycles. The van der Waals surface area contributed by atoms with E-state index in [1.165, 1.54) is 12.1 Å². The number of halogens is 4. The zero-order chi connectivity index (χ0) is 14.5. The fraction of sp³-hybridized carbons (Fsp3) is 0. The van der Waals surface area contributed by atoms with E-state index in [9.17, 15) is 17.6 Å². The maximum atomic E-state index is 13.2. The first-order valence-corrected chi connectivity index (χ1v) is 5.53. The summed E-state index contributed by atoms with van der Waals surface area (Å²) in [5.74, 6) is -2.96. The minimum Gasteiger partial charge on any atom is -0.207 e. The second-order valence-corrected chi connectivity index (χ2v) is 3.82. The van der Waals surface area contributed by atoms with Gasteiger partial charge in [-0.25, -0.2) is 17.6 Å². The van der Waals surface area contributed by atoms with Crippen LogP contribution in [-0.4, -0.2) is 12.4 Å². The van der Waals surface area contributed by atoms with Crippen LogP contribution in [0.15, 0.2) is 46.6 Å². The standard InChI is InChI=1S/C14H8F4N2/c15-11-3-1-9(13(17)5-11)7-19-20-8-10-2-4-12(16)6-14(10)18/h1-8H/b19-7+,20-8+. The van der Waals surface area contributed by atoms with E-state index in [-0.39, 0.29) is 11.1 Å². The van der Waals surface area contributed by atoms with Crippen LogP contribution in [0.25, 0.3) is 0 Å². The van der Waals surface area contributed by atoms with Gasteiger partial charge in [0, 0.05) is 23.3 Å². The summed E-state index contributed by atoms with van der Waals surface area (Å²) in [6, 6.07) is 5.97. The van der Waals surface area contributed by atoms with Crippen molar-refractivity contribution >= 4 is 12.4 Å². The van der Waals surface area contributed by atoms with Crippen LogP contribution < -0.4 is 0 Å². The highest BCUT2D eigenvalue weighted by molar-refractivity contribution is 5.83. The molecule has 0 bridgehead atoms. The third-order valence-electron chi connectivity index (χ3n) is 2.39. The fourth-order valence-electron chi connectivity index (χ4n) is 1.40. The Bertz CT molecular complexity index is 621. The Morgan fingerprint density at radius 2 is 1.05 bits per heavy atom. The topological polar surface area (TPSA) is 24.7 Å². The van der Waals surface area contributed by atoms with Crippen molar-refractivity contribution in [3.05, 3.63) is 70.8 Å². The molecule has 0 aliphatic rings. The summed E-state index contributed by atoms with van der Waals surface area (Å²) in [4.78, 5) is 0. The molecule has 6 heteroatoms. The summed E-state index contributed by atoms with van der Waals surface area (Å²) in [5.41, 5.74) is 0.0891. The van der Waals surface area contributed by atoms with Gasteiger partial charge in [-0.1, -0.05) is 0 Å². The van der Waals surface area contributed by atoms with Gasteiger partial charge in [-0.2, -0.15) is 10.2 Å². The average Bonchev–Trinajstić information content (AvgIpc) is 2.39. The number of rotatable bonds is 3. The van der Waals surface area contributed by atoms with E-state index in [2.05, 4.69) is 10.2 Å². The zero-order valence-electron chi connectivity index (χ0n) is 10.0. The van der Waals surface area contributed by atoms with Gasteiger partial charge in [0.2, 0.25) is 0 Å². The van der Waals surface area contributed by atoms with Gasteiger partial charge < -0.3 is 0 Å². The Labute approximate surface area is 112 Å². The zero-order valence-corrected chi connectivity index (χ0v) is 10.0. The summed E-state index contributed by atoms with van der Waals surface area (Å²) < 4.78 is 51.7. The van der Waals surface area contributed by atoms with Crippen LogP contribution in [0.1, 0.15) is 11.1 Å². The van der Waals surface area contributed by atoms with Crippen LogP contribution in [0.3, 0.4) is 0 Å². The van der Waals surface area contributed by atoms with Crippen LogP contribution in [0.5, 0.6) is 0 Å². The Kier molecular flexibility index (Phi) is 4.24. The molecule has 2 aromatic rings. The molecule has 0 radical (unpaired) electrons. The van der Waals surface area contributed by atoms with E-state index in [0.29, 0.717) is 12.1 Å². The van der Waals surface area contributed by atoms with E-state index in [1.54, 1.807) is 0 Å². The van der Waals surface area contributed by atoms with Gasteiger partial charge in [0.15, 0.2) is 0 Å². The maximum absolute atomic E-state index is 13.2. The molecule has 0 saturated carbocycles. The molecule has 2 aromatic carbocycles. The lowest BCUT2D eigenvalue weighted by Crippen LogP contribution is -1.90. The van der Waals surface area contributed by atoms with Crippen LogP contribution >= 0.6 is 0 Å². The summed E-state index contributed by atoms with van der Waals surface area (Å²) in [7, 11) is 0. The van der Waals surface area contributed by atoms with Crippen LogP contribution in [0, 0.1) is 23.3 Å². The molecule has 0 aliphatic carbocycles. The van der Waals surface area contributed by atoms with Gasteiger partial charge in [0.05, 0.1) is 12.4 Å². The summed E-state index contributed by atoms with van der Waals surface area (Å²) in [6.07, 6.45) is 2.12. The Morgan fingerprint density at radius 3 is 1.40 bits per heavy atom. The molecule has 0 aliphatic heterocycles. The highest BCUT2D eigenvalue weighted by atomic mass is 19.1. The highest BCUT2D eigenvalue weighted by Crippen LogP contribution is 2.08. The van der Waals surface area contributed by atoms with E-state index in [4.69, 9.17) is 0 Å². The van der Waals surface area contributed by atoms with Crippen molar-refractivity contribution in [1.82, 2.24) is 0 Å². The third kappa shape index (κ3) is 3.50. The monoisotopic (exact) mass is 280 g/mol. The first kappa shape index (κ1) is 13.9. The van der Waals surface area contributed by atoms with Crippen molar-refractivity contribution in [2.75, 3.05) is 0 Å². The lowest BCUT2D eigenvalue weighted by molar-refractivity contribution is 0.581. The predicted octanol–water partition coefficient (Wildman–Crippen LogP) is 3.70. The Morgan fingerprint density at radius 1 is 0.650 bits per heavy atom. The SMILES string of the molecule is Fc1ccc(/C=N/N=C/c2ccc(F)cc2F)c(F)c1. The Hall–Kier alpha value is -2.50. The van der Waals surface area contributed by atoms with Gasteiger partial charge in [-0.15, -0.1) is 0 Å². The van der Waals surface area contributed by atoms with Gasteiger partial charge >= 0.3 is 0 Å². The molecule has 0 N–H and O–H groups in total. The second kappa shape index (κ2) is 6.10. The smallest absolute Gasteiger partial charge is 0.134 e. The first-order valence-electron chi connectivity index (χ1n) is 5.53.